The number of hydrogen-bond acceptors (Lipinski definition) is 3. The molecule has 0 bridgehead atoms. The average molecular weight is 137 g/mol. The van der Waals surface area contributed by atoms with Gasteiger partial charge >= 0.3 is 6.16 Å². The van der Waals surface area contributed by atoms with Gasteiger partial charge in [-0.25, -0.2) is 4.79 Å². The molecule has 0 aliphatic carbocycles. The van der Waals surface area contributed by atoms with Crippen LogP contribution in [0, 0.1) is 0 Å². The maximum atomic E-state index is 8.56. The molecule has 0 radical (unpaired) electrons. The molecule has 0 saturated carbocycles. The maximum absolute atomic E-state index is 8.56. The minimum Gasteiger partial charge on any atom is -0.450 e. The Bertz CT molecular complexity index is 102. The van der Waals surface area contributed by atoms with Crippen LogP contribution in [-0.4, -0.2) is 27.5 Å². The Morgan fingerprint density at radius 3 is 1.44 bits per heavy atom. The summed E-state index contributed by atoms with van der Waals surface area (Å²) in [5.41, 5.74) is 9.14. The van der Waals surface area contributed by atoms with Crippen molar-refractivity contribution in [1.29, 1.82) is 0 Å². The first-order chi connectivity index (χ1) is 4.00. The SMILES string of the molecule is NC(N)=NO.O=C(O)O. The molecule has 7 N–H and O–H groups in total. The van der Waals surface area contributed by atoms with Gasteiger partial charge in [-0.05, 0) is 0 Å². The minimum absolute atomic E-state index is 0.315. The lowest BCUT2D eigenvalue weighted by Gasteiger charge is -1.75. The van der Waals surface area contributed by atoms with Crippen molar-refractivity contribution in [3.05, 3.63) is 0 Å². The van der Waals surface area contributed by atoms with Crippen LogP contribution < -0.4 is 11.5 Å². The Balaban J connectivity index is 0. The van der Waals surface area contributed by atoms with Crippen molar-refractivity contribution >= 4 is 12.1 Å². The second-order valence-electron chi connectivity index (χ2n) is 0.807. The highest BCUT2D eigenvalue weighted by molar-refractivity contribution is 5.74. The number of nitrogens with two attached hydrogens (primary N) is 2. The zero-order chi connectivity index (χ0) is 7.86. The number of guanidine groups is 1. The molecule has 0 aromatic heterocycles. The molecule has 0 fully saturated rings. The largest absolute Gasteiger partial charge is 0.503 e. The van der Waals surface area contributed by atoms with Crippen molar-refractivity contribution in [3.63, 3.8) is 0 Å². The van der Waals surface area contributed by atoms with Gasteiger partial charge in [0.05, 0.1) is 0 Å². The molecule has 0 aliphatic heterocycles. The smallest absolute Gasteiger partial charge is 0.450 e. The molecule has 0 aromatic rings. The van der Waals surface area contributed by atoms with E-state index in [-0.39, 0.29) is 5.96 Å². The summed E-state index contributed by atoms with van der Waals surface area (Å²) in [6, 6.07) is 0. The molecule has 0 rings (SSSR count). The van der Waals surface area contributed by atoms with Crippen molar-refractivity contribution in [2.75, 3.05) is 0 Å². The molecule has 0 atom stereocenters. The van der Waals surface area contributed by atoms with Gasteiger partial charge in [-0.2, -0.15) is 0 Å². The summed E-state index contributed by atoms with van der Waals surface area (Å²) in [6.07, 6.45) is -1.83. The number of hydrogen-bond donors (Lipinski definition) is 5. The lowest BCUT2D eigenvalue weighted by molar-refractivity contribution is 0.137. The zero-order valence-corrected chi connectivity index (χ0v) is 4.35. The highest BCUT2D eigenvalue weighted by Crippen LogP contribution is 1.42. The highest BCUT2D eigenvalue weighted by Gasteiger charge is 1.70. The first-order valence-corrected chi connectivity index (χ1v) is 1.65. The number of carbonyl (C=O) groups is 1. The number of rotatable bonds is 0. The predicted molar refractivity (Wildman–Crippen MR) is 28.2 cm³/mol. The average Bonchev–Trinajstić information content (AvgIpc) is 1.65. The van der Waals surface area contributed by atoms with Gasteiger partial charge in [-0.3, -0.25) is 0 Å². The lowest BCUT2D eigenvalue weighted by atomic mass is 11.1. The van der Waals surface area contributed by atoms with Gasteiger partial charge in [0, 0.05) is 0 Å². The Morgan fingerprint density at radius 1 is 1.33 bits per heavy atom. The van der Waals surface area contributed by atoms with Crippen LogP contribution in [0.4, 0.5) is 4.79 Å². The van der Waals surface area contributed by atoms with Crippen LogP contribution in [-0.2, 0) is 0 Å². The van der Waals surface area contributed by atoms with Gasteiger partial charge < -0.3 is 26.9 Å². The topological polar surface area (TPSA) is 142 Å². The number of carboxylic acid groups (broad SMARTS) is 2. The third-order valence-corrected chi connectivity index (χ3v) is 0.115. The molecule has 0 saturated heterocycles. The molecule has 0 spiro atoms. The van der Waals surface area contributed by atoms with E-state index in [9.17, 15) is 0 Å². The second-order valence-corrected chi connectivity index (χ2v) is 0.807. The number of oxime groups is 1. The van der Waals surface area contributed by atoms with Gasteiger partial charge in [0.2, 0.25) is 5.96 Å². The monoisotopic (exact) mass is 137 g/mol. The van der Waals surface area contributed by atoms with Crippen molar-refractivity contribution in [2.45, 2.75) is 0 Å². The molecule has 9 heavy (non-hydrogen) atoms. The van der Waals surface area contributed by atoms with Crippen LogP contribution in [0.3, 0.4) is 0 Å². The molecular formula is C2H7N3O4. The van der Waals surface area contributed by atoms with Gasteiger partial charge in [-0.1, -0.05) is 5.16 Å². The Hall–Kier alpha value is -1.66. The van der Waals surface area contributed by atoms with Gasteiger partial charge in [0.1, 0.15) is 0 Å². The second kappa shape index (κ2) is 6.34. The maximum Gasteiger partial charge on any atom is 0.503 e. The van der Waals surface area contributed by atoms with Crippen LogP contribution in [0.5, 0.6) is 0 Å². The van der Waals surface area contributed by atoms with E-state index in [1.54, 1.807) is 0 Å². The molecule has 0 heterocycles. The van der Waals surface area contributed by atoms with Crippen LogP contribution >= 0.6 is 0 Å². The molecule has 0 unspecified atom stereocenters. The van der Waals surface area contributed by atoms with E-state index >= 15 is 0 Å². The molecular weight excluding hydrogens is 130 g/mol. The van der Waals surface area contributed by atoms with Gasteiger partial charge in [-0.15, -0.1) is 0 Å². The van der Waals surface area contributed by atoms with E-state index in [0.29, 0.717) is 0 Å². The summed E-state index contributed by atoms with van der Waals surface area (Å²) in [7, 11) is 0. The van der Waals surface area contributed by atoms with Crippen molar-refractivity contribution in [2.24, 2.45) is 16.6 Å². The zero-order valence-electron chi connectivity index (χ0n) is 4.35. The lowest BCUT2D eigenvalue weighted by Crippen LogP contribution is -2.21. The highest BCUT2D eigenvalue weighted by atomic mass is 16.6. The predicted octanol–water partition coefficient (Wildman–Crippen LogP) is -1.13. The minimum atomic E-state index is -1.83. The standard InChI is InChI=1S/CH5N3O.CH2O3/c2-1(3)4-5;2-1(3)4/h5H,(H4,2,3,4);(H2,2,3,4). The van der Waals surface area contributed by atoms with Crippen LogP contribution in [0.1, 0.15) is 0 Å². The fourth-order valence-corrected chi connectivity index (χ4v) is 0. The van der Waals surface area contributed by atoms with Crippen molar-refractivity contribution in [3.8, 4) is 0 Å². The summed E-state index contributed by atoms with van der Waals surface area (Å²) in [4.78, 5) is 8.56. The van der Waals surface area contributed by atoms with Gasteiger partial charge in [0.15, 0.2) is 0 Å². The molecule has 0 amide bonds. The van der Waals surface area contributed by atoms with E-state index in [2.05, 4.69) is 16.6 Å². The normalized spacial score (nSPS) is 6.22. The Morgan fingerprint density at radius 2 is 1.44 bits per heavy atom. The summed E-state index contributed by atoms with van der Waals surface area (Å²) in [6.45, 7) is 0. The Kier molecular flexibility index (Phi) is 7.29. The van der Waals surface area contributed by atoms with Crippen molar-refractivity contribution < 1.29 is 20.2 Å². The first-order valence-electron chi connectivity index (χ1n) is 1.65. The molecule has 7 heteroatoms. The van der Waals surface area contributed by atoms with E-state index in [1.807, 2.05) is 0 Å². The van der Waals surface area contributed by atoms with Crippen LogP contribution in [0.25, 0.3) is 0 Å². The summed E-state index contributed by atoms with van der Waals surface area (Å²) in [5.74, 6) is -0.315. The molecule has 54 valence electrons. The summed E-state index contributed by atoms with van der Waals surface area (Å²) < 4.78 is 0. The first kappa shape index (κ1) is 10.3. The molecule has 7 nitrogen and oxygen atoms in total. The fourth-order valence-electron chi connectivity index (χ4n) is 0. The Labute approximate surface area is 50.2 Å². The van der Waals surface area contributed by atoms with Gasteiger partial charge in [0.25, 0.3) is 0 Å². The van der Waals surface area contributed by atoms with E-state index in [0.717, 1.165) is 0 Å². The third kappa shape index (κ3) is 1030. The third-order valence-electron chi connectivity index (χ3n) is 0.115. The van der Waals surface area contributed by atoms with Crippen molar-refractivity contribution in [1.82, 2.24) is 0 Å². The molecule has 0 aromatic carbocycles. The van der Waals surface area contributed by atoms with Crippen LogP contribution in [0.2, 0.25) is 0 Å². The number of nitrogens with zero attached hydrogens (tertiary/aromatic N) is 1. The van der Waals surface area contributed by atoms with Crippen LogP contribution in [0.15, 0.2) is 5.16 Å². The van der Waals surface area contributed by atoms with E-state index < -0.39 is 6.16 Å². The van der Waals surface area contributed by atoms with E-state index in [1.165, 1.54) is 0 Å². The quantitative estimate of drug-likeness (QED) is 0.124. The van der Waals surface area contributed by atoms with E-state index in [4.69, 9.17) is 20.2 Å². The molecule has 0 aliphatic rings. The fraction of sp³-hybridized carbons (Fsp3) is 0. The summed E-state index contributed by atoms with van der Waals surface area (Å²) >= 11 is 0. The summed E-state index contributed by atoms with van der Waals surface area (Å²) in [5, 5.41) is 23.8.